The second-order valence-corrected chi connectivity index (χ2v) is 4.63. The number of hydrogen-bond acceptors (Lipinski definition) is 6. The molecule has 0 spiro atoms. The largest absolute Gasteiger partial charge is 0.312 e. The van der Waals surface area contributed by atoms with Gasteiger partial charge >= 0.3 is 0 Å². The molecule has 2 rings (SSSR count). The maximum absolute atomic E-state index is 4.02. The van der Waals surface area contributed by atoms with E-state index in [4.69, 9.17) is 0 Å². The first-order valence-electron chi connectivity index (χ1n) is 5.53. The van der Waals surface area contributed by atoms with Crippen LogP contribution in [0.5, 0.6) is 0 Å². The van der Waals surface area contributed by atoms with Gasteiger partial charge in [-0.2, -0.15) is 0 Å². The second kappa shape index (κ2) is 5.76. The van der Waals surface area contributed by atoms with E-state index in [0.717, 1.165) is 30.4 Å². The molecule has 0 N–H and O–H groups in total. The molecule has 0 aromatic carbocycles. The summed E-state index contributed by atoms with van der Waals surface area (Å²) in [6.07, 6.45) is 3.91. The van der Waals surface area contributed by atoms with E-state index >= 15 is 0 Å². The molecule has 0 fully saturated rings. The maximum Gasteiger partial charge on any atom is 0.191 e. The maximum atomic E-state index is 4.02. The van der Waals surface area contributed by atoms with Crippen molar-refractivity contribution in [3.05, 3.63) is 12.2 Å². The van der Waals surface area contributed by atoms with E-state index in [0.29, 0.717) is 5.75 Å². The Morgan fingerprint density at radius 2 is 2.24 bits per heavy atom. The SMILES string of the molecule is CCCCn1nnnc1CSc1nncn1C. The molecule has 2 heterocycles. The predicted molar refractivity (Wildman–Crippen MR) is 63.3 cm³/mol. The predicted octanol–water partition coefficient (Wildman–Crippen LogP) is 0.894. The lowest BCUT2D eigenvalue weighted by Crippen LogP contribution is -2.05. The van der Waals surface area contributed by atoms with Crippen molar-refractivity contribution in [1.82, 2.24) is 35.0 Å². The summed E-state index contributed by atoms with van der Waals surface area (Å²) in [7, 11) is 1.92. The molecule has 0 aliphatic heterocycles. The Hall–Kier alpha value is -1.44. The molecule has 0 bridgehead atoms. The molecule has 2 aromatic heterocycles. The van der Waals surface area contributed by atoms with Gasteiger partial charge in [0.15, 0.2) is 11.0 Å². The average Bonchev–Trinajstić information content (AvgIpc) is 2.93. The smallest absolute Gasteiger partial charge is 0.191 e. The number of thioether (sulfide) groups is 1. The van der Waals surface area contributed by atoms with Gasteiger partial charge in [-0.3, -0.25) is 0 Å². The third-order valence-electron chi connectivity index (χ3n) is 2.33. The fraction of sp³-hybridized carbons (Fsp3) is 0.667. The van der Waals surface area contributed by atoms with Gasteiger partial charge in [-0.05, 0) is 16.8 Å². The molecule has 7 nitrogen and oxygen atoms in total. The Labute approximate surface area is 104 Å². The van der Waals surface area contributed by atoms with Gasteiger partial charge < -0.3 is 4.57 Å². The second-order valence-electron chi connectivity index (χ2n) is 3.68. The highest BCUT2D eigenvalue weighted by molar-refractivity contribution is 7.98. The van der Waals surface area contributed by atoms with E-state index in [-0.39, 0.29) is 0 Å². The van der Waals surface area contributed by atoms with Crippen molar-refractivity contribution in [1.29, 1.82) is 0 Å². The van der Waals surface area contributed by atoms with Crippen molar-refractivity contribution >= 4 is 11.8 Å². The lowest BCUT2D eigenvalue weighted by molar-refractivity contribution is 0.540. The van der Waals surface area contributed by atoms with Crippen LogP contribution in [0, 0.1) is 0 Å². The summed E-state index contributed by atoms with van der Waals surface area (Å²) in [6.45, 7) is 3.02. The van der Waals surface area contributed by atoms with Gasteiger partial charge in [-0.15, -0.1) is 15.3 Å². The summed E-state index contributed by atoms with van der Waals surface area (Å²) in [6, 6.07) is 0. The zero-order valence-electron chi connectivity index (χ0n) is 9.94. The van der Waals surface area contributed by atoms with Gasteiger partial charge in [0.25, 0.3) is 0 Å². The van der Waals surface area contributed by atoms with Crippen LogP contribution in [-0.2, 0) is 19.3 Å². The van der Waals surface area contributed by atoms with E-state index in [2.05, 4.69) is 32.6 Å². The van der Waals surface area contributed by atoms with Gasteiger partial charge in [0, 0.05) is 13.6 Å². The van der Waals surface area contributed by atoms with E-state index < -0.39 is 0 Å². The van der Waals surface area contributed by atoms with Crippen molar-refractivity contribution in [2.75, 3.05) is 0 Å². The van der Waals surface area contributed by atoms with Gasteiger partial charge in [0.05, 0.1) is 5.75 Å². The Morgan fingerprint density at radius 1 is 1.35 bits per heavy atom. The highest BCUT2D eigenvalue weighted by atomic mass is 32.2. The minimum absolute atomic E-state index is 0.712. The van der Waals surface area contributed by atoms with Crippen LogP contribution in [0.25, 0.3) is 0 Å². The topological polar surface area (TPSA) is 74.3 Å². The molecule has 92 valence electrons. The quantitative estimate of drug-likeness (QED) is 0.712. The summed E-state index contributed by atoms with van der Waals surface area (Å²) in [5.41, 5.74) is 0. The Morgan fingerprint density at radius 3 is 2.94 bits per heavy atom. The zero-order chi connectivity index (χ0) is 12.1. The number of unbranched alkanes of at least 4 members (excludes halogenated alkanes) is 1. The molecule has 17 heavy (non-hydrogen) atoms. The first kappa shape index (κ1) is 12.0. The van der Waals surface area contributed by atoms with Crippen molar-refractivity contribution in [3.8, 4) is 0 Å². The van der Waals surface area contributed by atoms with E-state index in [1.54, 1.807) is 18.1 Å². The van der Waals surface area contributed by atoms with Crippen molar-refractivity contribution in [2.45, 2.75) is 37.2 Å². The fourth-order valence-electron chi connectivity index (χ4n) is 1.34. The van der Waals surface area contributed by atoms with Crippen LogP contribution >= 0.6 is 11.8 Å². The van der Waals surface area contributed by atoms with E-state index in [9.17, 15) is 0 Å². The summed E-state index contributed by atoms with van der Waals surface area (Å²) in [5.74, 6) is 1.59. The zero-order valence-corrected chi connectivity index (χ0v) is 10.8. The molecule has 0 unspecified atom stereocenters. The number of hydrogen-bond donors (Lipinski definition) is 0. The average molecular weight is 253 g/mol. The van der Waals surface area contributed by atoms with Crippen LogP contribution in [0.1, 0.15) is 25.6 Å². The van der Waals surface area contributed by atoms with Crippen molar-refractivity contribution < 1.29 is 0 Å². The molecule has 0 saturated carbocycles. The molecular weight excluding hydrogens is 238 g/mol. The van der Waals surface area contributed by atoms with Crippen LogP contribution in [0.2, 0.25) is 0 Å². The lowest BCUT2D eigenvalue weighted by atomic mass is 10.3. The first-order chi connectivity index (χ1) is 8.31. The van der Waals surface area contributed by atoms with Crippen LogP contribution < -0.4 is 0 Å². The summed E-state index contributed by atoms with van der Waals surface area (Å²) >= 11 is 1.59. The van der Waals surface area contributed by atoms with Gasteiger partial charge in [0.1, 0.15) is 6.33 Å². The molecule has 0 aliphatic carbocycles. The summed E-state index contributed by atoms with van der Waals surface area (Å²) < 4.78 is 3.73. The van der Waals surface area contributed by atoms with Crippen LogP contribution in [0.3, 0.4) is 0 Å². The lowest BCUT2D eigenvalue weighted by Gasteiger charge is -2.02. The van der Waals surface area contributed by atoms with Crippen LogP contribution in [0.4, 0.5) is 0 Å². The van der Waals surface area contributed by atoms with E-state index in [1.807, 2.05) is 16.3 Å². The van der Waals surface area contributed by atoms with Crippen molar-refractivity contribution in [3.63, 3.8) is 0 Å². The number of rotatable bonds is 6. The number of aryl methyl sites for hydroxylation is 2. The highest BCUT2D eigenvalue weighted by Gasteiger charge is 2.08. The van der Waals surface area contributed by atoms with Gasteiger partial charge in [0.2, 0.25) is 0 Å². The molecule has 0 atom stereocenters. The van der Waals surface area contributed by atoms with Gasteiger partial charge in [-0.25, -0.2) is 4.68 Å². The standard InChI is InChI=1S/C9H15N7S/c1-3-4-5-16-8(11-13-14-16)6-17-9-12-10-7-15(9)2/h7H,3-6H2,1-2H3. The molecule has 0 radical (unpaired) electrons. The molecule has 2 aromatic rings. The molecule has 0 aliphatic rings. The Balaban J connectivity index is 1.95. The summed E-state index contributed by atoms with van der Waals surface area (Å²) in [5, 5.41) is 20.4. The molecule has 8 heteroatoms. The van der Waals surface area contributed by atoms with Gasteiger partial charge in [-0.1, -0.05) is 25.1 Å². The van der Waals surface area contributed by atoms with Crippen LogP contribution in [0.15, 0.2) is 11.5 Å². The third-order valence-corrected chi connectivity index (χ3v) is 3.36. The molecule has 0 amide bonds. The number of nitrogens with zero attached hydrogens (tertiary/aromatic N) is 7. The fourth-order valence-corrected chi connectivity index (χ4v) is 2.16. The van der Waals surface area contributed by atoms with Crippen molar-refractivity contribution in [2.24, 2.45) is 7.05 Å². The van der Waals surface area contributed by atoms with Crippen LogP contribution in [-0.4, -0.2) is 35.0 Å². The monoisotopic (exact) mass is 253 g/mol. The summed E-state index contributed by atoms with van der Waals surface area (Å²) in [4.78, 5) is 0. The first-order valence-corrected chi connectivity index (χ1v) is 6.51. The minimum Gasteiger partial charge on any atom is -0.312 e. The molecular formula is C9H15N7S. The Kier molecular flexibility index (Phi) is 4.08. The normalized spacial score (nSPS) is 10.9. The third kappa shape index (κ3) is 3.02. The number of tetrazole rings is 1. The van der Waals surface area contributed by atoms with E-state index in [1.165, 1.54) is 0 Å². The highest BCUT2D eigenvalue weighted by Crippen LogP contribution is 2.18. The molecule has 0 saturated heterocycles. The minimum atomic E-state index is 0.712. The Bertz CT molecular complexity index is 463. The number of aromatic nitrogens is 7.